The molecule has 0 radical (unpaired) electrons. The first kappa shape index (κ1) is 14.2. The SMILES string of the molecule is CCSCCC(C)NC(=O)C1CSCCN1. The highest BCUT2D eigenvalue weighted by Crippen LogP contribution is 2.08. The Morgan fingerprint density at radius 1 is 1.69 bits per heavy atom. The fourth-order valence-corrected chi connectivity index (χ4v) is 3.30. The third-order valence-electron chi connectivity index (χ3n) is 2.53. The van der Waals surface area contributed by atoms with Crippen LogP contribution < -0.4 is 10.6 Å². The third kappa shape index (κ3) is 5.46. The van der Waals surface area contributed by atoms with Crippen molar-refractivity contribution in [3.63, 3.8) is 0 Å². The zero-order chi connectivity index (χ0) is 11.8. The van der Waals surface area contributed by atoms with Crippen molar-refractivity contribution in [1.82, 2.24) is 10.6 Å². The van der Waals surface area contributed by atoms with Gasteiger partial charge in [-0.1, -0.05) is 6.92 Å². The number of hydrogen-bond donors (Lipinski definition) is 2. The summed E-state index contributed by atoms with van der Waals surface area (Å²) >= 11 is 3.78. The van der Waals surface area contributed by atoms with Gasteiger partial charge in [-0.05, 0) is 24.9 Å². The van der Waals surface area contributed by atoms with Crippen molar-refractivity contribution in [3.05, 3.63) is 0 Å². The molecule has 1 heterocycles. The average molecular weight is 262 g/mol. The molecule has 0 aliphatic carbocycles. The minimum absolute atomic E-state index is 0.0139. The quantitative estimate of drug-likeness (QED) is 0.709. The largest absolute Gasteiger partial charge is 0.352 e. The van der Waals surface area contributed by atoms with Gasteiger partial charge >= 0.3 is 0 Å². The molecular weight excluding hydrogens is 240 g/mol. The van der Waals surface area contributed by atoms with Gasteiger partial charge in [0.15, 0.2) is 0 Å². The molecule has 1 amide bonds. The van der Waals surface area contributed by atoms with Crippen LogP contribution >= 0.6 is 23.5 Å². The van der Waals surface area contributed by atoms with Crippen LogP contribution in [-0.4, -0.2) is 47.5 Å². The van der Waals surface area contributed by atoms with Crippen molar-refractivity contribution < 1.29 is 4.79 Å². The Hall–Kier alpha value is 0.130. The van der Waals surface area contributed by atoms with Crippen LogP contribution in [-0.2, 0) is 4.79 Å². The smallest absolute Gasteiger partial charge is 0.238 e. The normalized spacial score (nSPS) is 22.8. The number of carbonyl (C=O) groups excluding carboxylic acids is 1. The Bertz CT molecular complexity index is 208. The van der Waals surface area contributed by atoms with Crippen LogP contribution in [0.5, 0.6) is 0 Å². The van der Waals surface area contributed by atoms with Crippen LogP contribution in [0.25, 0.3) is 0 Å². The molecular formula is C11H22N2OS2. The molecule has 1 aliphatic heterocycles. The standard InChI is InChI=1S/C11H22N2OS2/c1-3-15-6-4-9(2)13-11(14)10-8-16-7-5-12-10/h9-10,12H,3-8H2,1-2H3,(H,13,14). The number of hydrogen-bond acceptors (Lipinski definition) is 4. The molecule has 1 saturated heterocycles. The van der Waals surface area contributed by atoms with Crippen LogP contribution in [0.3, 0.4) is 0 Å². The lowest BCUT2D eigenvalue weighted by Crippen LogP contribution is -2.51. The lowest BCUT2D eigenvalue weighted by molar-refractivity contribution is -0.123. The van der Waals surface area contributed by atoms with E-state index in [0.29, 0.717) is 6.04 Å². The minimum atomic E-state index is 0.0139. The molecule has 0 bridgehead atoms. The van der Waals surface area contributed by atoms with Gasteiger partial charge in [-0.2, -0.15) is 23.5 Å². The number of amides is 1. The van der Waals surface area contributed by atoms with E-state index in [1.807, 2.05) is 23.5 Å². The lowest BCUT2D eigenvalue weighted by atomic mass is 10.2. The van der Waals surface area contributed by atoms with Gasteiger partial charge in [-0.25, -0.2) is 0 Å². The summed E-state index contributed by atoms with van der Waals surface area (Å²) in [5.41, 5.74) is 0. The Morgan fingerprint density at radius 3 is 3.12 bits per heavy atom. The summed E-state index contributed by atoms with van der Waals surface area (Å²) in [4.78, 5) is 11.8. The first-order chi connectivity index (χ1) is 7.74. The molecule has 2 N–H and O–H groups in total. The monoisotopic (exact) mass is 262 g/mol. The molecule has 0 saturated carbocycles. The minimum Gasteiger partial charge on any atom is -0.352 e. The average Bonchev–Trinajstić information content (AvgIpc) is 2.30. The fourth-order valence-electron chi connectivity index (χ4n) is 1.55. The van der Waals surface area contributed by atoms with Crippen LogP contribution in [0.4, 0.5) is 0 Å². The topological polar surface area (TPSA) is 41.1 Å². The molecule has 1 aliphatic rings. The van der Waals surface area contributed by atoms with Gasteiger partial charge in [0.25, 0.3) is 0 Å². The van der Waals surface area contributed by atoms with E-state index in [1.54, 1.807) is 0 Å². The van der Waals surface area contributed by atoms with Crippen molar-refractivity contribution in [2.45, 2.75) is 32.4 Å². The molecule has 1 fully saturated rings. The summed E-state index contributed by atoms with van der Waals surface area (Å²) in [5.74, 6) is 4.47. The Balaban J connectivity index is 2.16. The number of nitrogens with one attached hydrogen (secondary N) is 2. The third-order valence-corrected chi connectivity index (χ3v) is 4.52. The highest BCUT2D eigenvalue weighted by molar-refractivity contribution is 7.99. The van der Waals surface area contributed by atoms with Crippen LogP contribution in [0, 0.1) is 0 Å². The number of carbonyl (C=O) groups is 1. The number of thioether (sulfide) groups is 2. The Morgan fingerprint density at radius 2 is 2.50 bits per heavy atom. The molecule has 0 aromatic rings. The molecule has 5 heteroatoms. The van der Waals surface area contributed by atoms with Crippen molar-refractivity contribution in [2.24, 2.45) is 0 Å². The summed E-state index contributed by atoms with van der Waals surface area (Å²) in [5, 5.41) is 6.33. The zero-order valence-corrected chi connectivity index (χ0v) is 11.8. The zero-order valence-electron chi connectivity index (χ0n) is 10.1. The maximum atomic E-state index is 11.8. The second kappa shape index (κ2) is 8.25. The van der Waals surface area contributed by atoms with E-state index in [4.69, 9.17) is 0 Å². The second-order valence-electron chi connectivity index (χ2n) is 3.98. The van der Waals surface area contributed by atoms with Crippen molar-refractivity contribution in [2.75, 3.05) is 29.6 Å². The summed E-state index contributed by atoms with van der Waals surface area (Å²) in [6.07, 6.45) is 1.06. The van der Waals surface area contributed by atoms with Gasteiger partial charge in [-0.15, -0.1) is 0 Å². The first-order valence-corrected chi connectivity index (χ1v) is 8.24. The maximum Gasteiger partial charge on any atom is 0.238 e. The van der Waals surface area contributed by atoms with Gasteiger partial charge in [0.2, 0.25) is 5.91 Å². The molecule has 2 unspecified atom stereocenters. The van der Waals surface area contributed by atoms with E-state index in [2.05, 4.69) is 24.5 Å². The van der Waals surface area contributed by atoms with E-state index >= 15 is 0 Å². The van der Waals surface area contributed by atoms with Crippen molar-refractivity contribution in [3.8, 4) is 0 Å². The Kier molecular flexibility index (Phi) is 7.32. The van der Waals surface area contributed by atoms with E-state index < -0.39 is 0 Å². The van der Waals surface area contributed by atoms with Gasteiger partial charge in [0.1, 0.15) is 0 Å². The molecule has 2 atom stereocenters. The summed E-state index contributed by atoms with van der Waals surface area (Å²) in [6.45, 7) is 5.20. The summed E-state index contributed by atoms with van der Waals surface area (Å²) < 4.78 is 0. The molecule has 0 spiro atoms. The molecule has 0 aromatic carbocycles. The molecule has 16 heavy (non-hydrogen) atoms. The first-order valence-electron chi connectivity index (χ1n) is 5.93. The van der Waals surface area contributed by atoms with Crippen LogP contribution in [0.15, 0.2) is 0 Å². The Labute approximate surface area is 107 Å². The second-order valence-corrected chi connectivity index (χ2v) is 6.52. The summed E-state index contributed by atoms with van der Waals surface area (Å²) in [6, 6.07) is 0.306. The fraction of sp³-hybridized carbons (Fsp3) is 0.909. The van der Waals surface area contributed by atoms with E-state index in [9.17, 15) is 4.79 Å². The molecule has 0 aromatic heterocycles. The van der Waals surface area contributed by atoms with Crippen molar-refractivity contribution >= 4 is 29.4 Å². The van der Waals surface area contributed by atoms with E-state index in [-0.39, 0.29) is 11.9 Å². The highest BCUT2D eigenvalue weighted by Gasteiger charge is 2.21. The molecule has 94 valence electrons. The van der Waals surface area contributed by atoms with Gasteiger partial charge in [0.05, 0.1) is 6.04 Å². The van der Waals surface area contributed by atoms with Crippen LogP contribution in [0.1, 0.15) is 20.3 Å². The van der Waals surface area contributed by atoms with Crippen molar-refractivity contribution in [1.29, 1.82) is 0 Å². The van der Waals surface area contributed by atoms with Crippen LogP contribution in [0.2, 0.25) is 0 Å². The number of rotatable bonds is 6. The predicted octanol–water partition coefficient (Wildman–Crippen LogP) is 1.34. The van der Waals surface area contributed by atoms with E-state index in [1.165, 1.54) is 0 Å². The summed E-state index contributed by atoms with van der Waals surface area (Å²) in [7, 11) is 0. The van der Waals surface area contributed by atoms with Gasteiger partial charge < -0.3 is 10.6 Å². The lowest BCUT2D eigenvalue weighted by Gasteiger charge is -2.24. The molecule has 1 rings (SSSR count). The van der Waals surface area contributed by atoms with E-state index in [0.717, 1.165) is 36.0 Å². The highest BCUT2D eigenvalue weighted by atomic mass is 32.2. The molecule has 3 nitrogen and oxygen atoms in total. The maximum absolute atomic E-state index is 11.8. The van der Waals surface area contributed by atoms with Gasteiger partial charge in [0, 0.05) is 24.1 Å². The van der Waals surface area contributed by atoms with Gasteiger partial charge in [-0.3, -0.25) is 4.79 Å². The predicted molar refractivity (Wildman–Crippen MR) is 74.3 cm³/mol.